The van der Waals surface area contributed by atoms with Crippen LogP contribution < -0.4 is 5.32 Å². The van der Waals surface area contributed by atoms with Crippen LogP contribution in [0.25, 0.3) is 0 Å². The van der Waals surface area contributed by atoms with E-state index >= 15 is 0 Å². The Kier molecular flexibility index (Phi) is 6.24. The van der Waals surface area contributed by atoms with Crippen molar-refractivity contribution >= 4 is 0 Å². The molecule has 22 heavy (non-hydrogen) atoms. The summed E-state index contributed by atoms with van der Waals surface area (Å²) in [5.74, 6) is 6.19. The minimum atomic E-state index is 0.957. The first-order valence-electron chi connectivity index (χ1n) is 10.4. The first-order valence-corrected chi connectivity index (χ1v) is 10.4. The van der Waals surface area contributed by atoms with Gasteiger partial charge in [-0.2, -0.15) is 0 Å². The minimum absolute atomic E-state index is 0.957. The van der Waals surface area contributed by atoms with Crippen molar-refractivity contribution in [1.29, 1.82) is 0 Å². The summed E-state index contributed by atoms with van der Waals surface area (Å²) in [4.78, 5) is 0. The molecule has 3 fully saturated rings. The third-order valence-electron chi connectivity index (χ3n) is 7.61. The SMILES string of the molecule is CNCC(CC1CCCCC1C)[C@@H]1CCC2CCCCC2C1. The van der Waals surface area contributed by atoms with Gasteiger partial charge in [0.25, 0.3) is 0 Å². The molecule has 0 saturated heterocycles. The molecule has 1 N–H and O–H groups in total. The predicted molar refractivity (Wildman–Crippen MR) is 95.9 cm³/mol. The first-order chi connectivity index (χ1) is 10.8. The lowest BCUT2D eigenvalue weighted by Gasteiger charge is -2.43. The summed E-state index contributed by atoms with van der Waals surface area (Å²) in [5, 5.41) is 3.54. The van der Waals surface area contributed by atoms with Crippen LogP contribution in [0.15, 0.2) is 0 Å². The van der Waals surface area contributed by atoms with Crippen LogP contribution in [0.3, 0.4) is 0 Å². The van der Waals surface area contributed by atoms with E-state index in [-0.39, 0.29) is 0 Å². The Morgan fingerprint density at radius 3 is 2.36 bits per heavy atom. The molecule has 0 amide bonds. The second kappa shape index (κ2) is 8.18. The standard InChI is InChI=1S/C21H39N/c1-16-7-3-4-9-18(16)13-21(15-22-2)20-12-11-17-8-5-6-10-19(17)14-20/h16-22H,3-15H2,1-2H3/t16?,17?,18?,19?,20-,21?/m1/s1. The van der Waals surface area contributed by atoms with Crippen molar-refractivity contribution in [3.63, 3.8) is 0 Å². The van der Waals surface area contributed by atoms with Gasteiger partial charge in [-0.25, -0.2) is 0 Å². The summed E-state index contributed by atoms with van der Waals surface area (Å²) in [6, 6.07) is 0. The predicted octanol–water partition coefficient (Wildman–Crippen LogP) is 5.64. The third kappa shape index (κ3) is 4.08. The van der Waals surface area contributed by atoms with E-state index in [1.165, 1.54) is 57.9 Å². The van der Waals surface area contributed by atoms with Crippen LogP contribution in [0.2, 0.25) is 0 Å². The van der Waals surface area contributed by atoms with E-state index in [0.717, 1.165) is 35.5 Å². The van der Waals surface area contributed by atoms with Crippen LogP contribution in [-0.4, -0.2) is 13.6 Å². The lowest BCUT2D eigenvalue weighted by molar-refractivity contribution is 0.0809. The highest BCUT2D eigenvalue weighted by Crippen LogP contribution is 2.46. The molecule has 3 aliphatic carbocycles. The molecule has 0 aromatic carbocycles. The molecule has 0 spiro atoms. The van der Waals surface area contributed by atoms with E-state index < -0.39 is 0 Å². The topological polar surface area (TPSA) is 12.0 Å². The van der Waals surface area contributed by atoms with E-state index in [1.54, 1.807) is 25.7 Å². The average Bonchev–Trinajstić information content (AvgIpc) is 2.56. The Hall–Kier alpha value is -0.0400. The van der Waals surface area contributed by atoms with Gasteiger partial charge in [0.15, 0.2) is 0 Å². The molecule has 3 saturated carbocycles. The first kappa shape index (κ1) is 16.8. The summed E-state index contributed by atoms with van der Waals surface area (Å²) in [5.41, 5.74) is 0. The van der Waals surface area contributed by atoms with E-state index in [9.17, 15) is 0 Å². The van der Waals surface area contributed by atoms with Gasteiger partial charge < -0.3 is 5.32 Å². The molecule has 5 unspecified atom stereocenters. The Bertz CT molecular complexity index is 326. The van der Waals surface area contributed by atoms with Gasteiger partial charge in [-0.3, -0.25) is 0 Å². The average molecular weight is 306 g/mol. The fourth-order valence-corrected chi connectivity index (χ4v) is 6.17. The maximum atomic E-state index is 3.54. The fraction of sp³-hybridized carbons (Fsp3) is 1.00. The molecule has 6 atom stereocenters. The summed E-state index contributed by atoms with van der Waals surface area (Å²) in [7, 11) is 2.17. The van der Waals surface area contributed by atoms with Crippen molar-refractivity contribution in [1.82, 2.24) is 5.32 Å². The second-order valence-corrected chi connectivity index (χ2v) is 8.95. The number of nitrogens with one attached hydrogen (secondary N) is 1. The van der Waals surface area contributed by atoms with Crippen molar-refractivity contribution < 1.29 is 0 Å². The van der Waals surface area contributed by atoms with Crippen LogP contribution in [-0.2, 0) is 0 Å². The molecular weight excluding hydrogens is 266 g/mol. The summed E-state index contributed by atoms with van der Waals surface area (Å²) in [6.07, 6.45) is 18.3. The van der Waals surface area contributed by atoms with Crippen LogP contribution >= 0.6 is 0 Å². The Labute approximate surface area is 139 Å². The Morgan fingerprint density at radius 1 is 0.864 bits per heavy atom. The van der Waals surface area contributed by atoms with Crippen molar-refractivity contribution in [3.05, 3.63) is 0 Å². The zero-order valence-corrected chi connectivity index (χ0v) is 15.2. The zero-order valence-electron chi connectivity index (χ0n) is 15.2. The van der Waals surface area contributed by atoms with Crippen molar-refractivity contribution in [2.24, 2.45) is 35.5 Å². The van der Waals surface area contributed by atoms with E-state index in [0.29, 0.717) is 0 Å². The zero-order chi connectivity index (χ0) is 15.4. The summed E-state index contributed by atoms with van der Waals surface area (Å²) >= 11 is 0. The van der Waals surface area contributed by atoms with E-state index in [2.05, 4.69) is 19.3 Å². The van der Waals surface area contributed by atoms with E-state index in [1.807, 2.05) is 0 Å². The van der Waals surface area contributed by atoms with Crippen molar-refractivity contribution in [3.8, 4) is 0 Å². The Morgan fingerprint density at radius 2 is 1.59 bits per heavy atom. The molecular formula is C21H39N. The van der Waals surface area contributed by atoms with Gasteiger partial charge >= 0.3 is 0 Å². The molecule has 128 valence electrons. The second-order valence-electron chi connectivity index (χ2n) is 8.95. The van der Waals surface area contributed by atoms with Gasteiger partial charge in [0.2, 0.25) is 0 Å². The van der Waals surface area contributed by atoms with Crippen LogP contribution in [0, 0.1) is 35.5 Å². The smallest absolute Gasteiger partial charge is 0.00208 e. The maximum absolute atomic E-state index is 3.54. The molecule has 0 aliphatic heterocycles. The minimum Gasteiger partial charge on any atom is -0.319 e. The van der Waals surface area contributed by atoms with Gasteiger partial charge in [-0.1, -0.05) is 58.3 Å². The molecule has 3 aliphatic rings. The number of fused-ring (bicyclic) bond motifs is 1. The number of rotatable bonds is 5. The quantitative estimate of drug-likeness (QED) is 0.692. The molecule has 0 aromatic rings. The Balaban J connectivity index is 1.58. The molecule has 1 nitrogen and oxygen atoms in total. The molecule has 0 bridgehead atoms. The summed E-state index contributed by atoms with van der Waals surface area (Å²) in [6.45, 7) is 3.80. The van der Waals surface area contributed by atoms with E-state index in [4.69, 9.17) is 0 Å². The molecule has 0 radical (unpaired) electrons. The van der Waals surface area contributed by atoms with Gasteiger partial charge in [-0.15, -0.1) is 0 Å². The lowest BCUT2D eigenvalue weighted by atomic mass is 9.63. The highest BCUT2D eigenvalue weighted by atomic mass is 14.8. The number of hydrogen-bond acceptors (Lipinski definition) is 1. The van der Waals surface area contributed by atoms with Gasteiger partial charge in [0.1, 0.15) is 0 Å². The number of hydrogen-bond donors (Lipinski definition) is 1. The van der Waals surface area contributed by atoms with Gasteiger partial charge in [0, 0.05) is 0 Å². The molecule has 3 rings (SSSR count). The third-order valence-corrected chi connectivity index (χ3v) is 7.61. The van der Waals surface area contributed by atoms with Crippen LogP contribution in [0.1, 0.15) is 84.0 Å². The van der Waals surface area contributed by atoms with Crippen LogP contribution in [0.4, 0.5) is 0 Å². The monoisotopic (exact) mass is 305 g/mol. The molecule has 0 aromatic heterocycles. The van der Waals surface area contributed by atoms with Crippen LogP contribution in [0.5, 0.6) is 0 Å². The van der Waals surface area contributed by atoms with Crippen molar-refractivity contribution in [2.45, 2.75) is 84.0 Å². The molecule has 0 heterocycles. The van der Waals surface area contributed by atoms with Crippen molar-refractivity contribution in [2.75, 3.05) is 13.6 Å². The summed E-state index contributed by atoms with van der Waals surface area (Å²) < 4.78 is 0. The largest absolute Gasteiger partial charge is 0.319 e. The van der Waals surface area contributed by atoms with Gasteiger partial charge in [-0.05, 0) is 74.8 Å². The van der Waals surface area contributed by atoms with Gasteiger partial charge in [0.05, 0.1) is 0 Å². The normalized spacial score (nSPS) is 40.9. The fourth-order valence-electron chi connectivity index (χ4n) is 6.17. The molecule has 1 heteroatoms. The maximum Gasteiger partial charge on any atom is -0.00208 e. The highest BCUT2D eigenvalue weighted by molar-refractivity contribution is 4.88. The lowest BCUT2D eigenvalue weighted by Crippen LogP contribution is -2.36. The highest BCUT2D eigenvalue weighted by Gasteiger charge is 2.36.